The van der Waals surface area contributed by atoms with Gasteiger partial charge in [-0.3, -0.25) is 9.36 Å². The van der Waals surface area contributed by atoms with Gasteiger partial charge >= 0.3 is 0 Å². The Morgan fingerprint density at radius 3 is 2.81 bits per heavy atom. The summed E-state index contributed by atoms with van der Waals surface area (Å²) in [6.45, 7) is 2.21. The molecule has 1 aliphatic heterocycles. The molecular formula is C19H25N5O2. The predicted octanol–water partition coefficient (Wildman–Crippen LogP) is 2.02. The molecule has 2 fully saturated rings. The number of rotatable bonds is 3. The SMILES string of the molecule is Cn1c(N2CCOC(C3CCCCC3)C2)nc(-c2ccncn2)cc1=O. The van der Waals surface area contributed by atoms with E-state index in [1.807, 2.05) is 0 Å². The molecule has 7 heteroatoms. The summed E-state index contributed by atoms with van der Waals surface area (Å²) < 4.78 is 7.70. The second kappa shape index (κ2) is 7.53. The molecule has 0 bridgehead atoms. The first-order chi connectivity index (χ1) is 12.7. The number of ether oxygens (including phenoxy) is 1. The fraction of sp³-hybridized carbons (Fsp3) is 0.579. The van der Waals surface area contributed by atoms with Gasteiger partial charge in [-0.2, -0.15) is 0 Å². The molecule has 1 saturated carbocycles. The quantitative estimate of drug-likeness (QED) is 0.839. The monoisotopic (exact) mass is 355 g/mol. The van der Waals surface area contributed by atoms with Crippen LogP contribution in [0.4, 0.5) is 5.95 Å². The van der Waals surface area contributed by atoms with E-state index >= 15 is 0 Å². The second-order valence-electron chi connectivity index (χ2n) is 7.19. The van der Waals surface area contributed by atoms with Gasteiger partial charge in [0.2, 0.25) is 5.95 Å². The summed E-state index contributed by atoms with van der Waals surface area (Å²) in [6.07, 6.45) is 9.77. The summed E-state index contributed by atoms with van der Waals surface area (Å²) in [5, 5.41) is 0. The summed E-state index contributed by atoms with van der Waals surface area (Å²) in [5.74, 6) is 1.31. The molecule has 1 saturated heterocycles. The van der Waals surface area contributed by atoms with Crippen LogP contribution in [0.5, 0.6) is 0 Å². The molecule has 1 atom stereocenters. The number of hydrogen-bond acceptors (Lipinski definition) is 6. The number of nitrogens with zero attached hydrogens (tertiary/aromatic N) is 5. The highest BCUT2D eigenvalue weighted by Gasteiger charge is 2.30. The van der Waals surface area contributed by atoms with Crippen molar-refractivity contribution in [1.29, 1.82) is 0 Å². The topological polar surface area (TPSA) is 73.1 Å². The Balaban J connectivity index is 1.62. The van der Waals surface area contributed by atoms with Gasteiger partial charge in [-0.05, 0) is 24.8 Å². The Bertz CT molecular complexity index is 801. The van der Waals surface area contributed by atoms with E-state index in [1.54, 1.807) is 23.9 Å². The van der Waals surface area contributed by atoms with Crippen molar-refractivity contribution >= 4 is 5.95 Å². The van der Waals surface area contributed by atoms with Gasteiger partial charge in [-0.15, -0.1) is 0 Å². The minimum absolute atomic E-state index is 0.0793. The largest absolute Gasteiger partial charge is 0.374 e. The van der Waals surface area contributed by atoms with Gasteiger partial charge in [-0.1, -0.05) is 19.3 Å². The molecule has 2 aromatic heterocycles. The number of morpholine rings is 1. The van der Waals surface area contributed by atoms with E-state index in [4.69, 9.17) is 9.72 Å². The molecule has 138 valence electrons. The third-order valence-corrected chi connectivity index (χ3v) is 5.51. The van der Waals surface area contributed by atoms with Crippen molar-refractivity contribution in [3.8, 4) is 11.4 Å². The molecule has 0 spiro atoms. The molecule has 26 heavy (non-hydrogen) atoms. The zero-order chi connectivity index (χ0) is 17.9. The van der Waals surface area contributed by atoms with Gasteiger partial charge in [0.1, 0.15) is 6.33 Å². The normalized spacial score (nSPS) is 21.7. The molecule has 3 heterocycles. The minimum Gasteiger partial charge on any atom is -0.374 e. The Kier molecular flexibility index (Phi) is 4.97. The Labute approximate surface area is 153 Å². The molecule has 1 unspecified atom stereocenters. The van der Waals surface area contributed by atoms with Crippen LogP contribution in [0.25, 0.3) is 11.4 Å². The lowest BCUT2D eigenvalue weighted by molar-refractivity contribution is -0.00978. The maximum atomic E-state index is 12.5. The lowest BCUT2D eigenvalue weighted by Gasteiger charge is -2.39. The van der Waals surface area contributed by atoms with Crippen LogP contribution in [0.3, 0.4) is 0 Å². The van der Waals surface area contributed by atoms with Gasteiger partial charge in [0.25, 0.3) is 5.56 Å². The molecule has 1 aliphatic carbocycles. The summed E-state index contributed by atoms with van der Waals surface area (Å²) in [5.41, 5.74) is 1.17. The molecule has 0 aromatic carbocycles. The highest BCUT2D eigenvalue weighted by molar-refractivity contribution is 5.55. The van der Waals surface area contributed by atoms with Crippen molar-refractivity contribution in [3.05, 3.63) is 35.0 Å². The lowest BCUT2D eigenvalue weighted by atomic mass is 9.84. The fourth-order valence-corrected chi connectivity index (χ4v) is 4.03. The van der Waals surface area contributed by atoms with Crippen LogP contribution in [0.1, 0.15) is 32.1 Å². The van der Waals surface area contributed by atoms with Crippen LogP contribution in [0.15, 0.2) is 29.5 Å². The lowest BCUT2D eigenvalue weighted by Crippen LogP contribution is -2.48. The number of aromatic nitrogens is 4. The molecule has 4 rings (SSSR count). The standard InChI is InChI=1S/C19H25N5O2/c1-23-18(25)11-16(15-7-8-20-13-21-15)22-19(23)24-9-10-26-17(12-24)14-5-3-2-4-6-14/h7-8,11,13-14,17H,2-6,9-10,12H2,1H3. The summed E-state index contributed by atoms with van der Waals surface area (Å²) in [6, 6.07) is 3.31. The first-order valence-corrected chi connectivity index (χ1v) is 9.43. The van der Waals surface area contributed by atoms with Crippen LogP contribution in [-0.2, 0) is 11.8 Å². The molecule has 0 radical (unpaired) electrons. The summed E-state index contributed by atoms with van der Waals surface area (Å²) in [7, 11) is 1.78. The van der Waals surface area contributed by atoms with E-state index in [1.165, 1.54) is 44.5 Å². The van der Waals surface area contributed by atoms with E-state index in [-0.39, 0.29) is 11.7 Å². The smallest absolute Gasteiger partial charge is 0.255 e. The fourth-order valence-electron chi connectivity index (χ4n) is 4.03. The highest BCUT2D eigenvalue weighted by atomic mass is 16.5. The molecular weight excluding hydrogens is 330 g/mol. The predicted molar refractivity (Wildman–Crippen MR) is 99.0 cm³/mol. The van der Waals surface area contributed by atoms with Crippen molar-refractivity contribution in [3.63, 3.8) is 0 Å². The average Bonchev–Trinajstić information content (AvgIpc) is 2.71. The maximum absolute atomic E-state index is 12.5. The van der Waals surface area contributed by atoms with Crippen LogP contribution < -0.4 is 10.5 Å². The van der Waals surface area contributed by atoms with Crippen molar-refractivity contribution in [2.45, 2.75) is 38.2 Å². The molecule has 0 N–H and O–H groups in total. The van der Waals surface area contributed by atoms with Crippen LogP contribution >= 0.6 is 0 Å². The van der Waals surface area contributed by atoms with E-state index in [2.05, 4.69) is 14.9 Å². The zero-order valence-corrected chi connectivity index (χ0v) is 15.2. The number of anilines is 1. The molecule has 0 amide bonds. The van der Waals surface area contributed by atoms with Gasteiger partial charge in [-0.25, -0.2) is 15.0 Å². The van der Waals surface area contributed by atoms with E-state index < -0.39 is 0 Å². The van der Waals surface area contributed by atoms with E-state index in [0.717, 1.165) is 13.1 Å². The third kappa shape index (κ3) is 3.49. The van der Waals surface area contributed by atoms with Crippen molar-refractivity contribution in [2.75, 3.05) is 24.6 Å². The van der Waals surface area contributed by atoms with Crippen LogP contribution in [-0.4, -0.2) is 45.3 Å². The number of hydrogen-bond donors (Lipinski definition) is 0. The van der Waals surface area contributed by atoms with Gasteiger partial charge in [0.15, 0.2) is 0 Å². The first-order valence-electron chi connectivity index (χ1n) is 9.43. The van der Waals surface area contributed by atoms with Crippen LogP contribution in [0.2, 0.25) is 0 Å². The molecule has 2 aliphatic rings. The first kappa shape index (κ1) is 17.1. The summed E-state index contributed by atoms with van der Waals surface area (Å²) >= 11 is 0. The van der Waals surface area contributed by atoms with Crippen LogP contribution in [0, 0.1) is 5.92 Å². The third-order valence-electron chi connectivity index (χ3n) is 5.51. The van der Waals surface area contributed by atoms with Crippen molar-refractivity contribution in [1.82, 2.24) is 19.5 Å². The molecule has 7 nitrogen and oxygen atoms in total. The highest BCUT2D eigenvalue weighted by Crippen LogP contribution is 2.30. The Morgan fingerprint density at radius 1 is 1.19 bits per heavy atom. The minimum atomic E-state index is -0.0793. The van der Waals surface area contributed by atoms with Gasteiger partial charge in [0, 0.05) is 32.4 Å². The van der Waals surface area contributed by atoms with Crippen molar-refractivity contribution < 1.29 is 4.74 Å². The van der Waals surface area contributed by atoms with Gasteiger partial charge in [0.05, 0.1) is 24.1 Å². The zero-order valence-electron chi connectivity index (χ0n) is 15.2. The average molecular weight is 355 g/mol. The van der Waals surface area contributed by atoms with E-state index in [9.17, 15) is 4.79 Å². The van der Waals surface area contributed by atoms with E-state index in [0.29, 0.717) is 29.9 Å². The second-order valence-corrected chi connectivity index (χ2v) is 7.19. The maximum Gasteiger partial charge on any atom is 0.255 e. The summed E-state index contributed by atoms with van der Waals surface area (Å²) in [4.78, 5) is 27.6. The van der Waals surface area contributed by atoms with Gasteiger partial charge < -0.3 is 9.64 Å². The van der Waals surface area contributed by atoms with Crippen molar-refractivity contribution in [2.24, 2.45) is 13.0 Å². The Hall–Kier alpha value is -2.28. The molecule has 2 aromatic rings. The Morgan fingerprint density at radius 2 is 2.04 bits per heavy atom.